The van der Waals surface area contributed by atoms with Gasteiger partial charge in [-0.1, -0.05) is 17.2 Å². The van der Waals surface area contributed by atoms with Crippen LogP contribution in [0.3, 0.4) is 0 Å². The number of rotatable bonds is 2. The Kier molecular flexibility index (Phi) is 3.03. The Labute approximate surface area is 121 Å². The maximum absolute atomic E-state index is 12.2. The van der Waals surface area contributed by atoms with Crippen LogP contribution < -0.4 is 5.56 Å². The van der Waals surface area contributed by atoms with Gasteiger partial charge in [0.1, 0.15) is 6.33 Å². The van der Waals surface area contributed by atoms with E-state index in [0.29, 0.717) is 5.65 Å². The monoisotopic (exact) mass is 279 g/mol. The first-order valence-electron chi connectivity index (χ1n) is 6.44. The summed E-state index contributed by atoms with van der Waals surface area (Å²) in [7, 11) is 0. The molecule has 0 radical (unpaired) electrons. The van der Waals surface area contributed by atoms with Crippen LogP contribution in [0, 0.1) is 26.2 Å². The molecule has 0 aliphatic rings. The molecule has 0 spiro atoms. The van der Waals surface area contributed by atoms with Gasteiger partial charge in [-0.2, -0.15) is 4.68 Å². The third kappa shape index (κ3) is 2.09. The molecule has 0 fully saturated rings. The van der Waals surface area contributed by atoms with Crippen LogP contribution >= 0.6 is 0 Å². The van der Waals surface area contributed by atoms with E-state index in [-0.39, 0.29) is 17.6 Å². The molecule has 2 aromatic heterocycles. The SMILES string of the molecule is C#CCn1cnc2c(nnn2-c2ccc(C)c(C)c2)c1=O. The van der Waals surface area contributed by atoms with Crippen LogP contribution in [0.5, 0.6) is 0 Å². The minimum atomic E-state index is -0.284. The van der Waals surface area contributed by atoms with Crippen molar-refractivity contribution in [3.63, 3.8) is 0 Å². The molecule has 0 N–H and O–H groups in total. The molecule has 0 saturated heterocycles. The molecule has 3 rings (SSSR count). The Morgan fingerprint density at radius 2 is 2.10 bits per heavy atom. The van der Waals surface area contributed by atoms with Gasteiger partial charge in [-0.15, -0.1) is 11.5 Å². The fraction of sp³-hybridized carbons (Fsp3) is 0.200. The van der Waals surface area contributed by atoms with Gasteiger partial charge in [0.05, 0.1) is 12.2 Å². The molecule has 0 aliphatic carbocycles. The Morgan fingerprint density at radius 3 is 2.81 bits per heavy atom. The van der Waals surface area contributed by atoms with Gasteiger partial charge >= 0.3 is 0 Å². The van der Waals surface area contributed by atoms with E-state index < -0.39 is 0 Å². The largest absolute Gasteiger partial charge is 0.285 e. The number of hydrogen-bond acceptors (Lipinski definition) is 4. The topological polar surface area (TPSA) is 65.6 Å². The van der Waals surface area contributed by atoms with Crippen LogP contribution in [0.2, 0.25) is 0 Å². The van der Waals surface area contributed by atoms with Crippen molar-refractivity contribution in [1.29, 1.82) is 0 Å². The molecule has 0 amide bonds. The Balaban J connectivity index is 2.21. The summed E-state index contributed by atoms with van der Waals surface area (Å²) in [5.74, 6) is 2.41. The highest BCUT2D eigenvalue weighted by atomic mass is 16.1. The zero-order chi connectivity index (χ0) is 15.0. The summed E-state index contributed by atoms with van der Waals surface area (Å²) in [6.07, 6.45) is 6.64. The summed E-state index contributed by atoms with van der Waals surface area (Å²) < 4.78 is 2.89. The van der Waals surface area contributed by atoms with Crippen molar-refractivity contribution < 1.29 is 0 Å². The van der Waals surface area contributed by atoms with Crippen molar-refractivity contribution >= 4 is 11.2 Å². The fourth-order valence-corrected chi connectivity index (χ4v) is 2.09. The minimum Gasteiger partial charge on any atom is -0.285 e. The number of benzene rings is 1. The van der Waals surface area contributed by atoms with E-state index in [1.165, 1.54) is 16.5 Å². The molecule has 3 aromatic rings. The molecule has 2 heterocycles. The molecule has 0 unspecified atom stereocenters. The summed E-state index contributed by atoms with van der Waals surface area (Å²) in [6, 6.07) is 5.90. The van der Waals surface area contributed by atoms with Crippen LogP contribution in [0.15, 0.2) is 29.3 Å². The Hall–Kier alpha value is -2.94. The number of fused-ring (bicyclic) bond motifs is 1. The number of hydrogen-bond donors (Lipinski definition) is 0. The summed E-state index contributed by atoms with van der Waals surface area (Å²) in [6.45, 7) is 4.22. The van der Waals surface area contributed by atoms with Crippen molar-refractivity contribution in [3.8, 4) is 18.0 Å². The van der Waals surface area contributed by atoms with Crippen molar-refractivity contribution in [2.24, 2.45) is 0 Å². The first-order valence-corrected chi connectivity index (χ1v) is 6.44. The lowest BCUT2D eigenvalue weighted by molar-refractivity contribution is 0.778. The second kappa shape index (κ2) is 4.87. The maximum atomic E-state index is 12.2. The van der Waals surface area contributed by atoms with Gasteiger partial charge in [0, 0.05) is 0 Å². The fourth-order valence-electron chi connectivity index (χ4n) is 2.09. The van der Waals surface area contributed by atoms with E-state index in [1.54, 1.807) is 4.68 Å². The van der Waals surface area contributed by atoms with E-state index in [2.05, 4.69) is 21.2 Å². The van der Waals surface area contributed by atoms with E-state index in [9.17, 15) is 4.79 Å². The highest BCUT2D eigenvalue weighted by Crippen LogP contribution is 2.15. The quantitative estimate of drug-likeness (QED) is 0.662. The van der Waals surface area contributed by atoms with Gasteiger partial charge in [0.15, 0.2) is 11.2 Å². The highest BCUT2D eigenvalue weighted by molar-refractivity contribution is 5.70. The van der Waals surface area contributed by atoms with Gasteiger partial charge in [-0.25, -0.2) is 4.98 Å². The van der Waals surface area contributed by atoms with Crippen molar-refractivity contribution in [3.05, 3.63) is 46.0 Å². The van der Waals surface area contributed by atoms with Crippen molar-refractivity contribution in [2.75, 3.05) is 0 Å². The van der Waals surface area contributed by atoms with Gasteiger partial charge in [-0.05, 0) is 37.1 Å². The molecule has 6 heteroatoms. The molecule has 0 atom stereocenters. The lowest BCUT2D eigenvalue weighted by atomic mass is 10.1. The number of terminal acetylenes is 1. The third-order valence-electron chi connectivity index (χ3n) is 3.43. The standard InChI is InChI=1S/C15H13N5O/c1-4-7-19-9-16-14-13(15(19)21)17-18-20(14)12-6-5-10(2)11(3)8-12/h1,5-6,8-9H,7H2,2-3H3. The number of aromatic nitrogens is 5. The van der Waals surface area contributed by atoms with Crippen molar-refractivity contribution in [1.82, 2.24) is 24.5 Å². The van der Waals surface area contributed by atoms with Crippen molar-refractivity contribution in [2.45, 2.75) is 20.4 Å². The Bertz CT molecular complexity index is 929. The normalized spacial score (nSPS) is 10.7. The average molecular weight is 279 g/mol. The molecule has 1 aromatic carbocycles. The van der Waals surface area contributed by atoms with Crippen LogP contribution in [-0.4, -0.2) is 24.5 Å². The second-order valence-electron chi connectivity index (χ2n) is 4.82. The average Bonchev–Trinajstić information content (AvgIpc) is 2.90. The summed E-state index contributed by atoms with van der Waals surface area (Å²) in [4.78, 5) is 16.5. The summed E-state index contributed by atoms with van der Waals surface area (Å²) >= 11 is 0. The van der Waals surface area contributed by atoms with E-state index >= 15 is 0 Å². The summed E-state index contributed by atoms with van der Waals surface area (Å²) in [5.41, 5.74) is 3.50. The minimum absolute atomic E-state index is 0.165. The van der Waals surface area contributed by atoms with Gasteiger partial charge < -0.3 is 0 Å². The lowest BCUT2D eigenvalue weighted by Crippen LogP contribution is -2.20. The first kappa shape index (κ1) is 13.1. The number of nitrogens with zero attached hydrogens (tertiary/aromatic N) is 5. The molecule has 21 heavy (non-hydrogen) atoms. The van der Waals surface area contributed by atoms with E-state index in [1.807, 2.05) is 32.0 Å². The van der Waals surface area contributed by atoms with Crippen LogP contribution in [-0.2, 0) is 6.54 Å². The predicted molar refractivity (Wildman–Crippen MR) is 79.2 cm³/mol. The van der Waals surface area contributed by atoms with Gasteiger partial charge in [-0.3, -0.25) is 9.36 Å². The lowest BCUT2D eigenvalue weighted by Gasteiger charge is -2.05. The predicted octanol–water partition coefficient (Wildman–Crippen LogP) is 1.23. The molecular formula is C15H13N5O. The molecular weight excluding hydrogens is 266 g/mol. The zero-order valence-electron chi connectivity index (χ0n) is 11.7. The molecule has 6 nitrogen and oxygen atoms in total. The molecule has 104 valence electrons. The first-order chi connectivity index (χ1) is 10.1. The van der Waals surface area contributed by atoms with Crippen LogP contribution in [0.4, 0.5) is 0 Å². The van der Waals surface area contributed by atoms with Crippen LogP contribution in [0.1, 0.15) is 11.1 Å². The third-order valence-corrected chi connectivity index (χ3v) is 3.43. The highest BCUT2D eigenvalue weighted by Gasteiger charge is 2.13. The van der Waals surface area contributed by atoms with E-state index in [4.69, 9.17) is 6.42 Å². The molecule has 0 bridgehead atoms. The van der Waals surface area contributed by atoms with E-state index in [0.717, 1.165) is 11.3 Å². The smallest absolute Gasteiger partial charge is 0.284 e. The number of aryl methyl sites for hydroxylation is 2. The van der Waals surface area contributed by atoms with Gasteiger partial charge in [0.25, 0.3) is 5.56 Å². The second-order valence-corrected chi connectivity index (χ2v) is 4.82. The maximum Gasteiger partial charge on any atom is 0.284 e. The van der Waals surface area contributed by atoms with Crippen LogP contribution in [0.25, 0.3) is 16.9 Å². The summed E-state index contributed by atoms with van der Waals surface area (Å²) in [5, 5.41) is 7.98. The zero-order valence-corrected chi connectivity index (χ0v) is 11.7. The van der Waals surface area contributed by atoms with Gasteiger partial charge in [0.2, 0.25) is 0 Å². The molecule has 0 saturated carbocycles. The Morgan fingerprint density at radius 1 is 1.29 bits per heavy atom. The molecule has 0 aliphatic heterocycles.